The molecule has 92 valence electrons. The van der Waals surface area contributed by atoms with Gasteiger partial charge in [-0.2, -0.15) is 0 Å². The minimum Gasteiger partial charge on any atom is -0.496 e. The Morgan fingerprint density at radius 2 is 2.12 bits per heavy atom. The zero-order chi connectivity index (χ0) is 12.6. The summed E-state index contributed by atoms with van der Waals surface area (Å²) in [7, 11) is 1.48. The van der Waals surface area contributed by atoms with Gasteiger partial charge in [0.25, 0.3) is 0 Å². The molecule has 0 heterocycles. The van der Waals surface area contributed by atoms with E-state index in [0.29, 0.717) is 29.7 Å². The zero-order valence-corrected chi connectivity index (χ0v) is 9.92. The van der Waals surface area contributed by atoms with Gasteiger partial charge < -0.3 is 9.84 Å². The highest BCUT2D eigenvalue weighted by Crippen LogP contribution is 2.47. The Hall–Kier alpha value is -1.58. The summed E-state index contributed by atoms with van der Waals surface area (Å²) in [5.41, 5.74) is -0.0350. The summed E-state index contributed by atoms with van der Waals surface area (Å²) in [5.74, 6) is -0.815. The molecular formula is C13H15FO3. The quantitative estimate of drug-likeness (QED) is 0.880. The van der Waals surface area contributed by atoms with Gasteiger partial charge in [-0.15, -0.1) is 0 Å². The minimum absolute atomic E-state index is 0.381. The average Bonchev–Trinajstić information content (AvgIpc) is 2.20. The second kappa shape index (κ2) is 4.02. The zero-order valence-electron chi connectivity index (χ0n) is 9.92. The second-order valence-corrected chi connectivity index (χ2v) is 4.54. The molecule has 1 saturated carbocycles. The molecule has 2 rings (SSSR count). The highest BCUT2D eigenvalue weighted by Gasteiger charge is 2.48. The van der Waals surface area contributed by atoms with E-state index >= 15 is 0 Å². The summed E-state index contributed by atoms with van der Waals surface area (Å²) in [4.78, 5) is 11.4. The Balaban J connectivity index is 2.57. The van der Waals surface area contributed by atoms with E-state index in [-0.39, 0.29) is 5.82 Å². The Bertz CT molecular complexity index is 464. The summed E-state index contributed by atoms with van der Waals surface area (Å²) in [6.07, 6.45) is 1.94. The van der Waals surface area contributed by atoms with E-state index in [4.69, 9.17) is 4.74 Å². The van der Waals surface area contributed by atoms with Crippen LogP contribution >= 0.6 is 0 Å². The van der Waals surface area contributed by atoms with E-state index in [0.717, 1.165) is 6.42 Å². The molecule has 0 aliphatic heterocycles. The first-order chi connectivity index (χ1) is 8.01. The van der Waals surface area contributed by atoms with Gasteiger partial charge in [0.15, 0.2) is 0 Å². The van der Waals surface area contributed by atoms with Crippen LogP contribution < -0.4 is 4.74 Å². The van der Waals surface area contributed by atoms with Crippen LogP contribution in [-0.2, 0) is 10.2 Å². The molecule has 1 aliphatic rings. The maximum absolute atomic E-state index is 13.6. The van der Waals surface area contributed by atoms with Crippen molar-refractivity contribution in [2.24, 2.45) is 0 Å². The van der Waals surface area contributed by atoms with Crippen LogP contribution in [0.25, 0.3) is 0 Å². The molecule has 1 aromatic carbocycles. The van der Waals surface area contributed by atoms with Gasteiger partial charge in [-0.3, -0.25) is 4.79 Å². The first kappa shape index (κ1) is 11.9. The van der Waals surface area contributed by atoms with Crippen LogP contribution in [0.2, 0.25) is 0 Å². The number of hydrogen-bond acceptors (Lipinski definition) is 2. The SMILES string of the molecule is COc1cc(C)c(F)cc1C1(C(=O)O)CCC1. The Kier molecular flexibility index (Phi) is 2.81. The van der Waals surface area contributed by atoms with E-state index in [1.807, 2.05) is 0 Å². The van der Waals surface area contributed by atoms with Gasteiger partial charge in [0, 0.05) is 5.56 Å². The number of methoxy groups -OCH3 is 1. The summed E-state index contributed by atoms with van der Waals surface area (Å²) < 4.78 is 18.8. The molecule has 0 atom stereocenters. The second-order valence-electron chi connectivity index (χ2n) is 4.54. The van der Waals surface area contributed by atoms with E-state index in [1.54, 1.807) is 13.0 Å². The minimum atomic E-state index is -0.958. The Labute approximate surface area is 99.2 Å². The number of aryl methyl sites for hydroxylation is 1. The van der Waals surface area contributed by atoms with Gasteiger partial charge >= 0.3 is 5.97 Å². The lowest BCUT2D eigenvalue weighted by Crippen LogP contribution is -2.42. The molecule has 4 heteroatoms. The number of carboxylic acid groups (broad SMARTS) is 1. The largest absolute Gasteiger partial charge is 0.496 e. The molecule has 0 amide bonds. The van der Waals surface area contributed by atoms with Crippen LogP contribution in [0.15, 0.2) is 12.1 Å². The lowest BCUT2D eigenvalue weighted by atomic mass is 9.64. The third-order valence-corrected chi connectivity index (χ3v) is 3.61. The van der Waals surface area contributed by atoms with Gasteiger partial charge in [0.05, 0.1) is 12.5 Å². The van der Waals surface area contributed by atoms with Crippen molar-refractivity contribution in [2.75, 3.05) is 7.11 Å². The first-order valence-corrected chi connectivity index (χ1v) is 5.59. The molecule has 1 aliphatic carbocycles. The molecule has 0 spiro atoms. The molecule has 0 unspecified atom stereocenters. The van der Waals surface area contributed by atoms with Crippen molar-refractivity contribution in [2.45, 2.75) is 31.6 Å². The molecule has 1 N–H and O–H groups in total. The van der Waals surface area contributed by atoms with Crippen molar-refractivity contribution in [3.63, 3.8) is 0 Å². The molecular weight excluding hydrogens is 223 g/mol. The summed E-state index contributed by atoms with van der Waals surface area (Å²) >= 11 is 0. The number of benzene rings is 1. The molecule has 1 aromatic rings. The van der Waals surface area contributed by atoms with Gasteiger partial charge in [-0.25, -0.2) is 4.39 Å². The lowest BCUT2D eigenvalue weighted by Gasteiger charge is -2.38. The molecule has 1 fully saturated rings. The van der Waals surface area contributed by atoms with Crippen molar-refractivity contribution < 1.29 is 19.0 Å². The van der Waals surface area contributed by atoms with Crippen molar-refractivity contribution in [1.82, 2.24) is 0 Å². The van der Waals surface area contributed by atoms with Crippen LogP contribution in [-0.4, -0.2) is 18.2 Å². The molecule has 17 heavy (non-hydrogen) atoms. The topological polar surface area (TPSA) is 46.5 Å². The van der Waals surface area contributed by atoms with Crippen LogP contribution in [0.1, 0.15) is 30.4 Å². The monoisotopic (exact) mass is 238 g/mol. The van der Waals surface area contributed by atoms with Crippen LogP contribution in [0.4, 0.5) is 4.39 Å². The third kappa shape index (κ3) is 1.68. The average molecular weight is 238 g/mol. The van der Waals surface area contributed by atoms with Gasteiger partial charge in [-0.05, 0) is 37.5 Å². The predicted octanol–water partition coefficient (Wildman–Crippen LogP) is 2.65. The van der Waals surface area contributed by atoms with Crippen LogP contribution in [0.3, 0.4) is 0 Å². The number of rotatable bonds is 3. The fourth-order valence-electron chi connectivity index (χ4n) is 2.33. The number of ether oxygens (including phenoxy) is 1. The van der Waals surface area contributed by atoms with Crippen LogP contribution in [0, 0.1) is 12.7 Å². The normalized spacial score (nSPS) is 17.4. The third-order valence-electron chi connectivity index (χ3n) is 3.61. The van der Waals surface area contributed by atoms with Crippen LogP contribution in [0.5, 0.6) is 5.75 Å². The van der Waals surface area contributed by atoms with E-state index in [1.165, 1.54) is 13.2 Å². The number of aliphatic carboxylic acids is 1. The molecule has 3 nitrogen and oxygen atoms in total. The molecule has 0 aromatic heterocycles. The molecule has 0 radical (unpaired) electrons. The van der Waals surface area contributed by atoms with Gasteiger partial charge in [0.1, 0.15) is 11.6 Å². The van der Waals surface area contributed by atoms with Crippen molar-refractivity contribution in [3.05, 3.63) is 29.1 Å². The lowest BCUT2D eigenvalue weighted by molar-refractivity contribution is -0.147. The van der Waals surface area contributed by atoms with Crippen molar-refractivity contribution in [3.8, 4) is 5.75 Å². The number of carbonyl (C=O) groups is 1. The van der Waals surface area contributed by atoms with Crippen molar-refractivity contribution >= 4 is 5.97 Å². The highest BCUT2D eigenvalue weighted by atomic mass is 19.1. The number of halogens is 1. The fourth-order valence-corrected chi connectivity index (χ4v) is 2.33. The predicted molar refractivity (Wildman–Crippen MR) is 60.9 cm³/mol. The Morgan fingerprint density at radius 1 is 1.47 bits per heavy atom. The van der Waals surface area contributed by atoms with Gasteiger partial charge in [-0.1, -0.05) is 6.42 Å². The summed E-state index contributed by atoms with van der Waals surface area (Å²) in [6, 6.07) is 2.87. The number of carboxylic acids is 1. The van der Waals surface area contributed by atoms with E-state index in [9.17, 15) is 14.3 Å². The fraction of sp³-hybridized carbons (Fsp3) is 0.462. The Morgan fingerprint density at radius 3 is 2.53 bits per heavy atom. The summed E-state index contributed by atoms with van der Waals surface area (Å²) in [6.45, 7) is 1.63. The number of hydrogen-bond donors (Lipinski definition) is 1. The standard InChI is InChI=1S/C13H15FO3/c1-8-6-11(17-2)9(7-10(8)14)13(12(15)16)4-3-5-13/h6-7H,3-5H2,1-2H3,(H,15,16). The van der Waals surface area contributed by atoms with Crippen molar-refractivity contribution in [1.29, 1.82) is 0 Å². The van der Waals surface area contributed by atoms with Gasteiger partial charge in [0.2, 0.25) is 0 Å². The smallest absolute Gasteiger partial charge is 0.314 e. The van der Waals surface area contributed by atoms with E-state index in [2.05, 4.69) is 0 Å². The molecule has 0 saturated heterocycles. The summed E-state index contributed by atoms with van der Waals surface area (Å²) in [5, 5.41) is 9.34. The molecule has 0 bridgehead atoms. The maximum atomic E-state index is 13.6. The first-order valence-electron chi connectivity index (χ1n) is 5.59. The van der Waals surface area contributed by atoms with E-state index < -0.39 is 11.4 Å². The maximum Gasteiger partial charge on any atom is 0.314 e. The highest BCUT2D eigenvalue weighted by molar-refractivity contribution is 5.83.